The number of amides is 1. The van der Waals surface area contributed by atoms with Gasteiger partial charge in [0.25, 0.3) is 0 Å². The Hall–Kier alpha value is -0.570. The van der Waals surface area contributed by atoms with E-state index in [0.717, 1.165) is 32.5 Å². The fraction of sp³-hybridized carbons (Fsp3) is 0.909. The molecule has 1 heterocycles. The largest absolute Gasteiger partial charge is 0.356 e. The summed E-state index contributed by atoms with van der Waals surface area (Å²) in [6.45, 7) is 5.17. The van der Waals surface area contributed by atoms with Crippen LogP contribution in [0, 0.1) is 5.92 Å². The first-order valence-electron chi connectivity index (χ1n) is 5.80. The molecule has 1 amide bonds. The summed E-state index contributed by atoms with van der Waals surface area (Å²) in [5.74, 6) is 0.867. The van der Waals surface area contributed by atoms with Gasteiger partial charge in [0.1, 0.15) is 0 Å². The van der Waals surface area contributed by atoms with Crippen LogP contribution in [0.5, 0.6) is 0 Å². The lowest BCUT2D eigenvalue weighted by Gasteiger charge is -2.22. The number of hydrogen-bond acceptors (Lipinski definition) is 2. The normalized spacial score (nSPS) is 21.9. The average molecular weight is 198 g/mol. The quantitative estimate of drug-likeness (QED) is 0.699. The van der Waals surface area contributed by atoms with E-state index >= 15 is 0 Å². The molecule has 82 valence electrons. The highest BCUT2D eigenvalue weighted by Crippen LogP contribution is 2.08. The topological polar surface area (TPSA) is 41.1 Å². The molecule has 0 bridgehead atoms. The molecule has 1 aliphatic rings. The molecule has 3 heteroatoms. The maximum absolute atomic E-state index is 11.3. The first-order valence-corrected chi connectivity index (χ1v) is 5.80. The van der Waals surface area contributed by atoms with E-state index in [4.69, 9.17) is 0 Å². The van der Waals surface area contributed by atoms with Gasteiger partial charge in [0.05, 0.1) is 0 Å². The molecule has 0 aromatic rings. The zero-order valence-electron chi connectivity index (χ0n) is 9.14. The van der Waals surface area contributed by atoms with Crippen LogP contribution in [0.25, 0.3) is 0 Å². The van der Waals surface area contributed by atoms with E-state index in [1.165, 1.54) is 12.8 Å². The third-order valence-corrected chi connectivity index (χ3v) is 2.74. The van der Waals surface area contributed by atoms with Crippen molar-refractivity contribution in [2.24, 2.45) is 5.92 Å². The minimum atomic E-state index is 0.220. The third-order valence-electron chi connectivity index (χ3n) is 2.74. The van der Waals surface area contributed by atoms with Crippen LogP contribution in [-0.4, -0.2) is 25.5 Å². The summed E-state index contributed by atoms with van der Waals surface area (Å²) in [7, 11) is 0. The van der Waals surface area contributed by atoms with Crippen molar-refractivity contribution in [2.75, 3.05) is 19.6 Å². The fourth-order valence-electron chi connectivity index (χ4n) is 1.78. The van der Waals surface area contributed by atoms with Crippen molar-refractivity contribution in [1.29, 1.82) is 0 Å². The maximum atomic E-state index is 11.3. The number of carbonyl (C=O) groups excluding carboxylic acids is 1. The lowest BCUT2D eigenvalue weighted by atomic mass is 10.00. The second kappa shape index (κ2) is 6.82. The molecule has 2 N–H and O–H groups in total. The van der Waals surface area contributed by atoms with E-state index in [9.17, 15) is 4.79 Å². The van der Waals surface area contributed by atoms with Gasteiger partial charge in [0.2, 0.25) is 5.91 Å². The molecule has 1 saturated heterocycles. The molecule has 0 aromatic carbocycles. The van der Waals surface area contributed by atoms with Gasteiger partial charge >= 0.3 is 0 Å². The first kappa shape index (κ1) is 11.5. The molecule has 1 atom stereocenters. The summed E-state index contributed by atoms with van der Waals surface area (Å²) >= 11 is 0. The van der Waals surface area contributed by atoms with Crippen LogP contribution >= 0.6 is 0 Å². The van der Waals surface area contributed by atoms with E-state index in [1.807, 2.05) is 0 Å². The summed E-state index contributed by atoms with van der Waals surface area (Å²) in [6.07, 6.45) is 5.29. The number of nitrogens with one attached hydrogen (secondary N) is 2. The van der Waals surface area contributed by atoms with Gasteiger partial charge in [-0.25, -0.2) is 0 Å². The molecule has 1 unspecified atom stereocenters. The average Bonchev–Trinajstić information content (AvgIpc) is 2.25. The Bertz CT molecular complexity index is 165. The molecule has 1 aliphatic heterocycles. The van der Waals surface area contributed by atoms with Gasteiger partial charge < -0.3 is 10.6 Å². The number of carbonyl (C=O) groups is 1. The monoisotopic (exact) mass is 198 g/mol. The van der Waals surface area contributed by atoms with E-state index < -0.39 is 0 Å². The van der Waals surface area contributed by atoms with Crippen LogP contribution in [0.3, 0.4) is 0 Å². The fourth-order valence-corrected chi connectivity index (χ4v) is 1.78. The number of unbranched alkanes of at least 4 members (excludes halogenated alkanes) is 1. The Morgan fingerprint density at radius 3 is 3.07 bits per heavy atom. The molecule has 0 radical (unpaired) electrons. The van der Waals surface area contributed by atoms with E-state index in [2.05, 4.69) is 17.6 Å². The van der Waals surface area contributed by atoms with Crippen molar-refractivity contribution in [3.63, 3.8) is 0 Å². The van der Waals surface area contributed by atoms with Crippen LogP contribution in [-0.2, 0) is 4.79 Å². The van der Waals surface area contributed by atoms with Gasteiger partial charge in [-0.15, -0.1) is 0 Å². The Balaban J connectivity index is 2.03. The van der Waals surface area contributed by atoms with E-state index in [-0.39, 0.29) is 5.91 Å². The summed E-state index contributed by atoms with van der Waals surface area (Å²) < 4.78 is 0. The Morgan fingerprint density at radius 2 is 2.43 bits per heavy atom. The molecule has 3 nitrogen and oxygen atoms in total. The first-order chi connectivity index (χ1) is 6.83. The van der Waals surface area contributed by atoms with Gasteiger partial charge in [-0.2, -0.15) is 0 Å². The molecular weight excluding hydrogens is 176 g/mol. The lowest BCUT2D eigenvalue weighted by Crippen LogP contribution is -2.38. The minimum absolute atomic E-state index is 0.220. The predicted molar refractivity (Wildman–Crippen MR) is 58.1 cm³/mol. The van der Waals surface area contributed by atoms with Crippen molar-refractivity contribution in [2.45, 2.75) is 39.0 Å². The number of hydrogen-bond donors (Lipinski definition) is 2. The van der Waals surface area contributed by atoms with Crippen LogP contribution in [0.15, 0.2) is 0 Å². The summed E-state index contributed by atoms with van der Waals surface area (Å²) in [6, 6.07) is 0. The van der Waals surface area contributed by atoms with Crippen molar-refractivity contribution in [3.8, 4) is 0 Å². The van der Waals surface area contributed by atoms with Gasteiger partial charge in [0, 0.05) is 13.0 Å². The van der Waals surface area contributed by atoms with Crippen LogP contribution in [0.2, 0.25) is 0 Å². The van der Waals surface area contributed by atoms with Gasteiger partial charge in [-0.3, -0.25) is 4.79 Å². The predicted octanol–water partition coefficient (Wildman–Crippen LogP) is 1.29. The van der Waals surface area contributed by atoms with Crippen LogP contribution < -0.4 is 10.6 Å². The highest BCUT2D eigenvalue weighted by atomic mass is 16.1. The summed E-state index contributed by atoms with van der Waals surface area (Å²) in [5.41, 5.74) is 0. The zero-order valence-corrected chi connectivity index (χ0v) is 9.14. The van der Waals surface area contributed by atoms with Gasteiger partial charge in [-0.1, -0.05) is 13.3 Å². The van der Waals surface area contributed by atoms with Crippen LogP contribution in [0.1, 0.15) is 39.0 Å². The highest BCUT2D eigenvalue weighted by Gasteiger charge is 2.13. The smallest absolute Gasteiger partial charge is 0.220 e. The van der Waals surface area contributed by atoms with Gasteiger partial charge in [0.15, 0.2) is 0 Å². The molecule has 0 spiro atoms. The summed E-state index contributed by atoms with van der Waals surface area (Å²) in [5, 5.41) is 6.36. The lowest BCUT2D eigenvalue weighted by molar-refractivity contribution is -0.121. The van der Waals surface area contributed by atoms with Crippen molar-refractivity contribution in [3.05, 3.63) is 0 Å². The molecule has 0 aromatic heterocycles. The van der Waals surface area contributed by atoms with Crippen LogP contribution in [0.4, 0.5) is 0 Å². The minimum Gasteiger partial charge on any atom is -0.356 e. The highest BCUT2D eigenvalue weighted by molar-refractivity contribution is 5.75. The van der Waals surface area contributed by atoms with Crippen molar-refractivity contribution >= 4 is 5.91 Å². The van der Waals surface area contributed by atoms with Gasteiger partial charge in [-0.05, 0) is 38.3 Å². The van der Waals surface area contributed by atoms with Crippen molar-refractivity contribution < 1.29 is 4.79 Å². The molecule has 0 aliphatic carbocycles. The Morgan fingerprint density at radius 1 is 1.57 bits per heavy atom. The van der Waals surface area contributed by atoms with Crippen molar-refractivity contribution in [1.82, 2.24) is 10.6 Å². The standard InChI is InChI=1S/C11H22N2O/c1-2-3-6-11(14)13-9-10-5-4-7-12-8-10/h10,12H,2-9H2,1H3,(H,13,14). The molecular formula is C11H22N2O. The molecule has 1 rings (SSSR count). The number of rotatable bonds is 5. The molecule has 14 heavy (non-hydrogen) atoms. The zero-order chi connectivity index (χ0) is 10.2. The molecule has 1 fully saturated rings. The maximum Gasteiger partial charge on any atom is 0.220 e. The SMILES string of the molecule is CCCCC(=O)NCC1CCCNC1. The van der Waals surface area contributed by atoms with E-state index in [0.29, 0.717) is 12.3 Å². The molecule has 0 saturated carbocycles. The summed E-state index contributed by atoms with van der Waals surface area (Å²) in [4.78, 5) is 11.3. The third kappa shape index (κ3) is 4.61. The second-order valence-electron chi connectivity index (χ2n) is 4.12. The Kier molecular flexibility index (Phi) is 5.60. The second-order valence-corrected chi connectivity index (χ2v) is 4.12. The number of piperidine rings is 1. The van der Waals surface area contributed by atoms with E-state index in [1.54, 1.807) is 0 Å². The Labute approximate surface area is 86.6 Å².